The Hall–Kier alpha value is -2.71. The molecule has 0 bridgehead atoms. The molecule has 3 rings (SSSR count). The van der Waals surface area contributed by atoms with Crippen LogP contribution in [0.1, 0.15) is 0 Å². The highest BCUT2D eigenvalue weighted by molar-refractivity contribution is 7.10. The summed E-state index contributed by atoms with van der Waals surface area (Å²) in [6.45, 7) is 0. The molecule has 1 N–H and O–H groups in total. The highest BCUT2D eigenvalue weighted by Crippen LogP contribution is 2.25. The van der Waals surface area contributed by atoms with Crippen molar-refractivity contribution in [3.05, 3.63) is 59.4 Å². The molecular weight excluding hydrogens is 367 g/mol. The molecule has 25 heavy (non-hydrogen) atoms. The molecule has 9 heteroatoms. The molecule has 0 saturated carbocycles. The van der Waals surface area contributed by atoms with Gasteiger partial charge in [0, 0.05) is 29.3 Å². The van der Waals surface area contributed by atoms with E-state index in [1.807, 2.05) is 0 Å². The largest absolute Gasteiger partial charge is 0.420 e. The van der Waals surface area contributed by atoms with Crippen LogP contribution in [0, 0.1) is 5.82 Å². The summed E-state index contributed by atoms with van der Waals surface area (Å²) in [4.78, 5) is 17.6. The van der Waals surface area contributed by atoms with Gasteiger partial charge in [0.05, 0.1) is 0 Å². The number of hydrogen-bond acceptors (Lipinski definition) is 5. The topological polar surface area (TPSA) is 67.4 Å². The van der Waals surface area contributed by atoms with Crippen molar-refractivity contribution in [3.63, 3.8) is 0 Å². The summed E-state index contributed by atoms with van der Waals surface area (Å²) < 4.78 is 22.8. The van der Waals surface area contributed by atoms with Gasteiger partial charge in [0.25, 0.3) is 0 Å². The molecule has 0 saturated heterocycles. The molecule has 0 fully saturated rings. The maximum Gasteiger partial charge on any atom is 0.335 e. The molecule has 0 radical (unpaired) electrons. The number of anilines is 2. The number of rotatable bonds is 4. The molecule has 0 aliphatic heterocycles. The van der Waals surface area contributed by atoms with E-state index in [1.54, 1.807) is 43.4 Å². The highest BCUT2D eigenvalue weighted by Gasteiger charge is 2.15. The van der Waals surface area contributed by atoms with Gasteiger partial charge in [-0.2, -0.15) is 4.98 Å². The van der Waals surface area contributed by atoms with Gasteiger partial charge in [-0.3, -0.25) is 10.2 Å². The van der Waals surface area contributed by atoms with Crippen LogP contribution in [0.25, 0.3) is 0 Å². The number of hydrogen-bond donors (Lipinski definition) is 1. The highest BCUT2D eigenvalue weighted by atomic mass is 35.5. The lowest BCUT2D eigenvalue weighted by atomic mass is 10.3. The number of urea groups is 1. The van der Waals surface area contributed by atoms with Gasteiger partial charge in [0.15, 0.2) is 11.6 Å². The number of nitrogens with zero attached hydrogens (tertiary/aromatic N) is 3. The van der Waals surface area contributed by atoms with E-state index in [0.717, 1.165) is 11.5 Å². The van der Waals surface area contributed by atoms with Crippen LogP contribution >= 0.6 is 23.1 Å². The van der Waals surface area contributed by atoms with Crippen LogP contribution in [-0.4, -0.2) is 22.4 Å². The minimum absolute atomic E-state index is 0.00854. The second-order valence-electron chi connectivity index (χ2n) is 4.88. The van der Waals surface area contributed by atoms with Gasteiger partial charge >= 0.3 is 12.0 Å². The predicted octanol–water partition coefficient (Wildman–Crippen LogP) is 4.79. The van der Waals surface area contributed by atoms with Crippen molar-refractivity contribution in [1.82, 2.24) is 9.36 Å². The Morgan fingerprint density at radius 3 is 2.84 bits per heavy atom. The van der Waals surface area contributed by atoms with Crippen LogP contribution in [-0.2, 0) is 0 Å². The van der Waals surface area contributed by atoms with Crippen LogP contribution < -0.4 is 15.0 Å². The number of aromatic nitrogens is 2. The summed E-state index contributed by atoms with van der Waals surface area (Å²) in [6.07, 6.45) is 0. The molecule has 0 aliphatic rings. The van der Waals surface area contributed by atoms with Crippen molar-refractivity contribution in [3.8, 4) is 11.8 Å². The van der Waals surface area contributed by atoms with Crippen molar-refractivity contribution in [1.29, 1.82) is 0 Å². The first-order valence-corrected chi connectivity index (χ1v) is 8.24. The van der Waals surface area contributed by atoms with Crippen molar-refractivity contribution < 1.29 is 13.9 Å². The third kappa shape index (κ3) is 4.23. The Morgan fingerprint density at radius 1 is 1.28 bits per heavy atom. The first kappa shape index (κ1) is 17.1. The number of carbonyl (C=O) groups is 1. The predicted molar refractivity (Wildman–Crippen MR) is 95.3 cm³/mol. The first-order valence-electron chi connectivity index (χ1n) is 7.09. The molecule has 0 aliphatic carbocycles. The SMILES string of the molecule is CN(C(=O)Nc1nc(Oc2ccccc2F)ns1)c1cccc(Cl)c1. The molecule has 2 amide bonds. The number of nitrogens with one attached hydrogen (secondary N) is 1. The number of ether oxygens (including phenoxy) is 1. The summed E-state index contributed by atoms with van der Waals surface area (Å²) >= 11 is 6.85. The average molecular weight is 379 g/mol. The number of carbonyl (C=O) groups excluding carboxylic acids is 1. The summed E-state index contributed by atoms with van der Waals surface area (Å²) in [5, 5.41) is 3.34. The lowest BCUT2D eigenvalue weighted by Gasteiger charge is -2.17. The smallest absolute Gasteiger partial charge is 0.335 e. The quantitative estimate of drug-likeness (QED) is 0.708. The van der Waals surface area contributed by atoms with Crippen LogP contribution in [0.15, 0.2) is 48.5 Å². The zero-order valence-electron chi connectivity index (χ0n) is 12.9. The zero-order valence-corrected chi connectivity index (χ0v) is 14.5. The van der Waals surface area contributed by atoms with Crippen LogP contribution in [0.5, 0.6) is 11.8 Å². The maximum absolute atomic E-state index is 13.6. The molecule has 0 atom stereocenters. The zero-order chi connectivity index (χ0) is 17.8. The Labute approximate surface area is 152 Å². The summed E-state index contributed by atoms with van der Waals surface area (Å²) in [5.41, 5.74) is 0.623. The molecule has 0 spiro atoms. The van der Waals surface area contributed by atoms with E-state index in [9.17, 15) is 9.18 Å². The molecule has 0 unspecified atom stereocenters. The lowest BCUT2D eigenvalue weighted by Crippen LogP contribution is -2.31. The average Bonchev–Trinajstić information content (AvgIpc) is 3.03. The molecule has 1 heterocycles. The second-order valence-corrected chi connectivity index (χ2v) is 6.07. The maximum atomic E-state index is 13.6. The van der Waals surface area contributed by atoms with Gasteiger partial charge in [0.2, 0.25) is 5.13 Å². The third-order valence-electron chi connectivity index (χ3n) is 3.16. The number of benzene rings is 2. The van der Waals surface area contributed by atoms with Gasteiger partial charge in [-0.1, -0.05) is 29.8 Å². The minimum Gasteiger partial charge on any atom is -0.420 e. The first-order chi connectivity index (χ1) is 12.0. The summed E-state index contributed by atoms with van der Waals surface area (Å²) in [6, 6.07) is 12.3. The fraction of sp³-hybridized carbons (Fsp3) is 0.0625. The van der Waals surface area contributed by atoms with Gasteiger partial charge in [-0.15, -0.1) is 4.37 Å². The van der Waals surface area contributed by atoms with E-state index in [0.29, 0.717) is 10.7 Å². The molecular formula is C16H12ClFN4O2S. The standard InChI is InChI=1S/C16H12ClFN4O2S/c1-22(11-6-4-5-10(17)9-11)16(23)20-15-19-14(21-25-15)24-13-8-3-2-7-12(13)18/h2-9H,1H3,(H,19,20,21,23). The number of amides is 2. The van der Waals surface area contributed by atoms with E-state index in [4.69, 9.17) is 16.3 Å². The van der Waals surface area contributed by atoms with Crippen molar-refractivity contribution in [2.45, 2.75) is 0 Å². The van der Waals surface area contributed by atoms with Crippen molar-refractivity contribution in [2.24, 2.45) is 0 Å². The lowest BCUT2D eigenvalue weighted by molar-refractivity contribution is 0.258. The molecule has 2 aromatic carbocycles. The van der Waals surface area contributed by atoms with Crippen LogP contribution in [0.4, 0.5) is 20.0 Å². The van der Waals surface area contributed by atoms with E-state index < -0.39 is 11.8 Å². The third-order valence-corrected chi connectivity index (χ3v) is 4.01. The Balaban J connectivity index is 1.66. The summed E-state index contributed by atoms with van der Waals surface area (Å²) in [5.74, 6) is -0.516. The van der Waals surface area contributed by atoms with E-state index in [1.165, 1.54) is 17.0 Å². The van der Waals surface area contributed by atoms with E-state index in [2.05, 4.69) is 14.7 Å². The summed E-state index contributed by atoms with van der Waals surface area (Å²) in [7, 11) is 1.60. The van der Waals surface area contributed by atoms with E-state index in [-0.39, 0.29) is 16.9 Å². The van der Waals surface area contributed by atoms with Gasteiger partial charge in [-0.25, -0.2) is 9.18 Å². The van der Waals surface area contributed by atoms with Crippen molar-refractivity contribution >= 4 is 40.0 Å². The second kappa shape index (κ2) is 7.45. The van der Waals surface area contributed by atoms with Gasteiger partial charge < -0.3 is 4.74 Å². The van der Waals surface area contributed by atoms with E-state index >= 15 is 0 Å². The Bertz CT molecular complexity index is 905. The van der Waals surface area contributed by atoms with Gasteiger partial charge in [0.1, 0.15) is 0 Å². The molecule has 3 aromatic rings. The van der Waals surface area contributed by atoms with Crippen molar-refractivity contribution in [2.75, 3.05) is 17.3 Å². The molecule has 1 aromatic heterocycles. The Kier molecular flexibility index (Phi) is 5.11. The minimum atomic E-state index is -0.524. The van der Waals surface area contributed by atoms with Crippen LogP contribution in [0.3, 0.4) is 0 Å². The fourth-order valence-corrected chi connectivity index (χ4v) is 2.58. The Morgan fingerprint density at radius 2 is 2.08 bits per heavy atom. The monoisotopic (exact) mass is 378 g/mol. The normalized spacial score (nSPS) is 10.4. The van der Waals surface area contributed by atoms with Crippen LogP contribution in [0.2, 0.25) is 5.02 Å². The number of halogens is 2. The number of para-hydroxylation sites is 1. The van der Waals surface area contributed by atoms with Gasteiger partial charge in [-0.05, 0) is 30.3 Å². The molecule has 128 valence electrons. The fourth-order valence-electron chi connectivity index (χ4n) is 1.91. The molecule has 6 nitrogen and oxygen atoms in total.